The van der Waals surface area contributed by atoms with E-state index in [1.165, 1.54) is 0 Å². The van der Waals surface area contributed by atoms with E-state index in [0.29, 0.717) is 6.54 Å². The highest BCUT2D eigenvalue weighted by atomic mass is 32.2. The van der Waals surface area contributed by atoms with Crippen LogP contribution in [0, 0.1) is 0 Å². The molecule has 0 spiro atoms. The van der Waals surface area contributed by atoms with Crippen LogP contribution >= 0.6 is 0 Å². The molecule has 1 aromatic carbocycles. The van der Waals surface area contributed by atoms with Crippen molar-refractivity contribution < 1.29 is 31.1 Å². The van der Waals surface area contributed by atoms with Crippen LogP contribution in [0.15, 0.2) is 29.2 Å². The molecule has 1 N–H and O–H groups in total. The van der Waals surface area contributed by atoms with Gasteiger partial charge in [0.1, 0.15) is 5.75 Å². The first-order valence-corrected chi connectivity index (χ1v) is 9.75. The Bertz CT molecular complexity index is 720. The van der Waals surface area contributed by atoms with E-state index in [0.717, 1.165) is 49.9 Å². The van der Waals surface area contributed by atoms with Crippen molar-refractivity contribution in [3.63, 3.8) is 0 Å². The van der Waals surface area contributed by atoms with Gasteiger partial charge in [-0.25, -0.2) is 13.1 Å². The monoisotopic (exact) mass is 394 g/mol. The number of piperidine rings is 1. The minimum absolute atomic E-state index is 0.111. The Morgan fingerprint density at radius 1 is 1.27 bits per heavy atom. The van der Waals surface area contributed by atoms with E-state index in [1.807, 2.05) is 6.92 Å². The SMILES string of the molecule is CCC1CCCCN1C(=O)CNS(=O)(=O)c1ccc(OC(F)(F)F)cc1. The molecule has 0 bridgehead atoms. The van der Waals surface area contributed by atoms with E-state index in [9.17, 15) is 26.4 Å². The van der Waals surface area contributed by atoms with E-state index in [4.69, 9.17) is 0 Å². The van der Waals surface area contributed by atoms with Crippen molar-refractivity contribution >= 4 is 15.9 Å². The maximum atomic E-state index is 12.3. The Balaban J connectivity index is 1.98. The predicted molar refractivity (Wildman–Crippen MR) is 88.0 cm³/mol. The van der Waals surface area contributed by atoms with Crippen LogP contribution in [0.25, 0.3) is 0 Å². The fourth-order valence-corrected chi connectivity index (χ4v) is 3.89. The van der Waals surface area contributed by atoms with Crippen molar-refractivity contribution in [1.29, 1.82) is 0 Å². The Labute approximate surface area is 150 Å². The van der Waals surface area contributed by atoms with Crippen molar-refractivity contribution in [2.24, 2.45) is 0 Å². The maximum absolute atomic E-state index is 12.3. The number of benzene rings is 1. The third kappa shape index (κ3) is 5.60. The summed E-state index contributed by atoms with van der Waals surface area (Å²) < 4.78 is 66.7. The molecule has 10 heteroatoms. The topological polar surface area (TPSA) is 75.7 Å². The number of ether oxygens (including phenoxy) is 1. The van der Waals surface area contributed by atoms with Gasteiger partial charge in [0.05, 0.1) is 11.4 Å². The number of likely N-dealkylation sites (tertiary alicyclic amines) is 1. The van der Waals surface area contributed by atoms with Crippen molar-refractivity contribution in [2.45, 2.75) is 49.9 Å². The van der Waals surface area contributed by atoms with Crippen LogP contribution < -0.4 is 9.46 Å². The molecule has 1 amide bonds. The van der Waals surface area contributed by atoms with Gasteiger partial charge < -0.3 is 9.64 Å². The molecular formula is C16H21F3N2O4S. The molecule has 1 aliphatic heterocycles. The zero-order valence-electron chi connectivity index (χ0n) is 14.3. The number of sulfonamides is 1. The quantitative estimate of drug-likeness (QED) is 0.805. The lowest BCUT2D eigenvalue weighted by Crippen LogP contribution is -2.47. The number of halogens is 3. The van der Waals surface area contributed by atoms with Crippen LogP contribution in [0.1, 0.15) is 32.6 Å². The van der Waals surface area contributed by atoms with Gasteiger partial charge >= 0.3 is 6.36 Å². The molecule has 2 rings (SSSR count). The molecule has 1 unspecified atom stereocenters. The zero-order valence-corrected chi connectivity index (χ0v) is 15.1. The second kappa shape index (κ2) is 8.26. The molecule has 1 aliphatic rings. The van der Waals surface area contributed by atoms with Gasteiger partial charge in [-0.05, 0) is 49.9 Å². The van der Waals surface area contributed by atoms with Gasteiger partial charge in [-0.2, -0.15) is 0 Å². The van der Waals surface area contributed by atoms with Crippen molar-refractivity contribution in [2.75, 3.05) is 13.1 Å². The fraction of sp³-hybridized carbons (Fsp3) is 0.562. The first kappa shape index (κ1) is 20.5. The molecule has 1 saturated heterocycles. The van der Waals surface area contributed by atoms with Crippen molar-refractivity contribution in [1.82, 2.24) is 9.62 Å². The van der Waals surface area contributed by atoms with E-state index in [-0.39, 0.29) is 23.4 Å². The highest BCUT2D eigenvalue weighted by Crippen LogP contribution is 2.24. The average molecular weight is 394 g/mol. The summed E-state index contributed by atoms with van der Waals surface area (Å²) in [6.07, 6.45) is -1.22. The summed E-state index contributed by atoms with van der Waals surface area (Å²) in [6, 6.07) is 3.90. The summed E-state index contributed by atoms with van der Waals surface area (Å²) in [5.74, 6) is -0.830. The van der Waals surface area contributed by atoms with E-state index >= 15 is 0 Å². The molecular weight excluding hydrogens is 373 g/mol. The van der Waals surface area contributed by atoms with Crippen LogP contribution in [0.5, 0.6) is 5.75 Å². The number of carbonyl (C=O) groups excluding carboxylic acids is 1. The second-order valence-corrected chi connectivity index (χ2v) is 7.76. The Morgan fingerprint density at radius 3 is 2.50 bits per heavy atom. The molecule has 26 heavy (non-hydrogen) atoms. The van der Waals surface area contributed by atoms with Gasteiger partial charge in [0.2, 0.25) is 15.9 Å². The zero-order chi connectivity index (χ0) is 19.4. The van der Waals surface area contributed by atoms with Gasteiger partial charge in [-0.3, -0.25) is 4.79 Å². The molecule has 1 heterocycles. The Morgan fingerprint density at radius 2 is 1.92 bits per heavy atom. The third-order valence-electron chi connectivity index (χ3n) is 4.20. The lowest BCUT2D eigenvalue weighted by molar-refractivity contribution is -0.274. The number of hydrogen-bond acceptors (Lipinski definition) is 4. The lowest BCUT2D eigenvalue weighted by Gasteiger charge is -2.35. The molecule has 146 valence electrons. The summed E-state index contributed by atoms with van der Waals surface area (Å²) in [7, 11) is -4.01. The minimum atomic E-state index is -4.85. The number of nitrogens with one attached hydrogen (secondary N) is 1. The van der Waals surface area contributed by atoms with Gasteiger partial charge in [0.15, 0.2) is 0 Å². The number of hydrogen-bond donors (Lipinski definition) is 1. The summed E-state index contributed by atoms with van der Waals surface area (Å²) in [6.45, 7) is 2.19. The third-order valence-corrected chi connectivity index (χ3v) is 5.62. The predicted octanol–water partition coefficient (Wildman–Crippen LogP) is 2.65. The normalized spacial score (nSPS) is 18.6. The number of nitrogens with zero attached hydrogens (tertiary/aromatic N) is 1. The molecule has 0 aliphatic carbocycles. The Kier molecular flexibility index (Phi) is 6.51. The maximum Gasteiger partial charge on any atom is 0.573 e. The molecule has 1 atom stereocenters. The highest BCUT2D eigenvalue weighted by Gasteiger charge is 2.31. The second-order valence-electron chi connectivity index (χ2n) is 5.99. The minimum Gasteiger partial charge on any atom is -0.406 e. The number of alkyl halides is 3. The number of amides is 1. The van der Waals surface area contributed by atoms with Crippen LogP contribution in [0.2, 0.25) is 0 Å². The van der Waals surface area contributed by atoms with Crippen LogP contribution in [-0.2, 0) is 14.8 Å². The fourth-order valence-electron chi connectivity index (χ4n) is 2.92. The van der Waals surface area contributed by atoms with E-state index < -0.39 is 22.1 Å². The average Bonchev–Trinajstić information content (AvgIpc) is 2.58. The van der Waals surface area contributed by atoms with Crippen molar-refractivity contribution in [3.05, 3.63) is 24.3 Å². The molecule has 1 fully saturated rings. The first-order valence-electron chi connectivity index (χ1n) is 8.27. The van der Waals surface area contributed by atoms with Crippen LogP contribution in [-0.4, -0.2) is 44.7 Å². The van der Waals surface area contributed by atoms with Gasteiger partial charge in [-0.1, -0.05) is 6.92 Å². The van der Waals surface area contributed by atoms with Gasteiger partial charge in [0, 0.05) is 12.6 Å². The summed E-state index contributed by atoms with van der Waals surface area (Å²) in [4.78, 5) is 13.8. The van der Waals surface area contributed by atoms with Crippen LogP contribution in [0.3, 0.4) is 0 Å². The smallest absolute Gasteiger partial charge is 0.406 e. The Hall–Kier alpha value is -1.81. The first-order chi connectivity index (χ1) is 12.1. The lowest BCUT2D eigenvalue weighted by atomic mass is 10.00. The molecule has 0 aromatic heterocycles. The van der Waals surface area contributed by atoms with E-state index in [2.05, 4.69) is 9.46 Å². The molecule has 6 nitrogen and oxygen atoms in total. The van der Waals surface area contributed by atoms with Crippen molar-refractivity contribution in [3.8, 4) is 5.75 Å². The van der Waals surface area contributed by atoms with Crippen LogP contribution in [0.4, 0.5) is 13.2 Å². The summed E-state index contributed by atoms with van der Waals surface area (Å²) in [5.41, 5.74) is 0. The largest absolute Gasteiger partial charge is 0.573 e. The molecule has 0 saturated carbocycles. The standard InChI is InChI=1S/C16H21F3N2O4S/c1-2-12-5-3-4-10-21(12)15(22)11-20-26(23,24)14-8-6-13(7-9-14)25-16(17,18)19/h6-9,12,20H,2-5,10-11H2,1H3. The molecule has 0 radical (unpaired) electrons. The van der Waals surface area contributed by atoms with E-state index in [1.54, 1.807) is 4.90 Å². The highest BCUT2D eigenvalue weighted by molar-refractivity contribution is 7.89. The van der Waals surface area contributed by atoms with Gasteiger partial charge in [0.25, 0.3) is 0 Å². The number of rotatable bonds is 6. The molecule has 1 aromatic rings. The summed E-state index contributed by atoms with van der Waals surface area (Å²) >= 11 is 0. The summed E-state index contributed by atoms with van der Waals surface area (Å²) in [5, 5.41) is 0. The number of carbonyl (C=O) groups is 1. The van der Waals surface area contributed by atoms with Gasteiger partial charge in [-0.15, -0.1) is 13.2 Å².